The zero-order valence-corrected chi connectivity index (χ0v) is 18.7. The Hall–Kier alpha value is -3.30. The summed E-state index contributed by atoms with van der Waals surface area (Å²) in [5, 5.41) is 13.8. The number of rotatable bonds is 5. The molecule has 4 aromatic rings. The van der Waals surface area contributed by atoms with Crippen LogP contribution in [0.3, 0.4) is 0 Å². The molecule has 0 radical (unpaired) electrons. The summed E-state index contributed by atoms with van der Waals surface area (Å²) in [5.41, 5.74) is 5.90. The summed E-state index contributed by atoms with van der Waals surface area (Å²) in [6.07, 6.45) is 4.35. The quantitative estimate of drug-likeness (QED) is 0.427. The molecule has 0 saturated heterocycles. The van der Waals surface area contributed by atoms with Gasteiger partial charge in [-0.25, -0.2) is 15.0 Å². The summed E-state index contributed by atoms with van der Waals surface area (Å²) in [6.45, 7) is 4.53. The van der Waals surface area contributed by atoms with E-state index in [2.05, 4.69) is 43.5 Å². The number of aliphatic hydroxyl groups excluding tert-OH is 1. The Bertz CT molecular complexity index is 1340. The molecule has 4 heterocycles. The molecule has 0 unspecified atom stereocenters. The van der Waals surface area contributed by atoms with Crippen LogP contribution in [0.4, 0.5) is 11.5 Å². The van der Waals surface area contributed by atoms with Crippen LogP contribution in [0, 0.1) is 5.41 Å². The zero-order valence-electron chi connectivity index (χ0n) is 17.9. The Morgan fingerprint density at radius 1 is 1.28 bits per heavy atom. The predicted octanol–water partition coefficient (Wildman–Crippen LogP) is 3.95. The number of anilines is 2. The van der Waals surface area contributed by atoms with Crippen molar-refractivity contribution in [1.29, 1.82) is 0 Å². The lowest BCUT2D eigenvalue weighted by molar-refractivity contribution is -0.141. The van der Waals surface area contributed by atoms with Crippen LogP contribution in [0.25, 0.3) is 26.8 Å². The molecule has 3 aromatic heterocycles. The maximum atomic E-state index is 12.6. The maximum Gasteiger partial charge on any atom is 0.230 e. The van der Waals surface area contributed by atoms with E-state index < -0.39 is 5.41 Å². The lowest BCUT2D eigenvalue weighted by Crippen LogP contribution is -2.44. The minimum Gasteiger partial charge on any atom is -0.395 e. The highest BCUT2D eigenvalue weighted by Crippen LogP contribution is 2.31. The Morgan fingerprint density at radius 3 is 2.94 bits per heavy atom. The van der Waals surface area contributed by atoms with Gasteiger partial charge in [0, 0.05) is 24.5 Å². The Labute approximate surface area is 189 Å². The first-order valence-corrected chi connectivity index (χ1v) is 11.4. The van der Waals surface area contributed by atoms with Crippen LogP contribution in [0.5, 0.6) is 0 Å². The van der Waals surface area contributed by atoms with Gasteiger partial charge in [-0.3, -0.25) is 4.79 Å². The van der Waals surface area contributed by atoms with E-state index >= 15 is 0 Å². The number of aromatic nitrogens is 4. The van der Waals surface area contributed by atoms with Crippen LogP contribution in [0.15, 0.2) is 42.2 Å². The Morgan fingerprint density at radius 2 is 2.16 bits per heavy atom. The van der Waals surface area contributed by atoms with Crippen molar-refractivity contribution in [3.8, 4) is 0 Å². The molecule has 1 amide bonds. The van der Waals surface area contributed by atoms with Crippen molar-refractivity contribution in [2.24, 2.45) is 5.41 Å². The molecule has 0 atom stereocenters. The fraction of sp³-hybridized carbons (Fsp3) is 0.304. The summed E-state index contributed by atoms with van der Waals surface area (Å²) >= 11 is 1.60. The van der Waals surface area contributed by atoms with E-state index in [1.807, 2.05) is 17.6 Å². The number of H-pyrrole nitrogens is 1. The Balaban J connectivity index is 1.39. The van der Waals surface area contributed by atoms with Crippen molar-refractivity contribution >= 4 is 55.6 Å². The van der Waals surface area contributed by atoms with Crippen LogP contribution in [0.2, 0.25) is 0 Å². The van der Waals surface area contributed by atoms with Gasteiger partial charge in [-0.05, 0) is 50.1 Å². The third-order valence-corrected chi connectivity index (χ3v) is 6.63. The summed E-state index contributed by atoms with van der Waals surface area (Å²) in [6, 6.07) is 8.11. The lowest BCUT2D eigenvalue weighted by Gasteiger charge is -2.32. The minimum absolute atomic E-state index is 0.0257. The van der Waals surface area contributed by atoms with E-state index in [0.717, 1.165) is 50.4 Å². The second-order valence-corrected chi connectivity index (χ2v) is 9.49. The first kappa shape index (κ1) is 20.6. The topological polar surface area (TPSA) is 107 Å². The third kappa shape index (κ3) is 3.74. The van der Waals surface area contributed by atoms with Gasteiger partial charge in [0.2, 0.25) is 5.91 Å². The molecule has 1 aromatic carbocycles. The van der Waals surface area contributed by atoms with E-state index in [1.165, 1.54) is 0 Å². The van der Waals surface area contributed by atoms with Crippen LogP contribution in [-0.4, -0.2) is 55.5 Å². The van der Waals surface area contributed by atoms with Crippen LogP contribution in [-0.2, 0) is 4.79 Å². The number of carbonyl (C=O) groups is 1. The van der Waals surface area contributed by atoms with Crippen molar-refractivity contribution in [3.05, 3.63) is 47.9 Å². The molecule has 32 heavy (non-hydrogen) atoms. The molecule has 164 valence electrons. The Kier molecular flexibility index (Phi) is 5.15. The summed E-state index contributed by atoms with van der Waals surface area (Å²) in [7, 11) is 0. The summed E-state index contributed by atoms with van der Waals surface area (Å²) in [4.78, 5) is 31.0. The van der Waals surface area contributed by atoms with Gasteiger partial charge >= 0.3 is 0 Å². The number of hydrogen-bond acceptors (Lipinski definition) is 7. The summed E-state index contributed by atoms with van der Waals surface area (Å²) in [5.74, 6) is 0.710. The molecule has 3 N–H and O–H groups in total. The minimum atomic E-state index is -0.759. The maximum absolute atomic E-state index is 12.6. The monoisotopic (exact) mass is 448 g/mol. The number of hydrogen-bond donors (Lipinski definition) is 3. The number of fused-ring (bicyclic) bond motifs is 2. The van der Waals surface area contributed by atoms with Gasteiger partial charge in [0.1, 0.15) is 17.8 Å². The number of nitrogens with one attached hydrogen (secondary N) is 2. The molecule has 1 aliphatic heterocycles. The third-order valence-electron chi connectivity index (χ3n) is 5.84. The van der Waals surface area contributed by atoms with Gasteiger partial charge < -0.3 is 20.3 Å². The van der Waals surface area contributed by atoms with Crippen molar-refractivity contribution in [3.63, 3.8) is 0 Å². The van der Waals surface area contributed by atoms with E-state index in [4.69, 9.17) is 0 Å². The molecule has 0 saturated carbocycles. The van der Waals surface area contributed by atoms with Crippen molar-refractivity contribution < 1.29 is 9.90 Å². The second-order valence-electron chi connectivity index (χ2n) is 8.60. The van der Waals surface area contributed by atoms with Gasteiger partial charge in [0.05, 0.1) is 33.1 Å². The van der Waals surface area contributed by atoms with Crippen LogP contribution < -0.4 is 5.32 Å². The average molecular weight is 449 g/mol. The molecule has 0 spiro atoms. The molecule has 9 heteroatoms. The first-order valence-electron chi connectivity index (χ1n) is 10.5. The van der Waals surface area contributed by atoms with E-state index in [0.29, 0.717) is 13.1 Å². The second kappa shape index (κ2) is 7.99. The zero-order chi connectivity index (χ0) is 22.3. The van der Waals surface area contributed by atoms with Crippen molar-refractivity contribution in [1.82, 2.24) is 24.8 Å². The van der Waals surface area contributed by atoms with E-state index in [9.17, 15) is 9.90 Å². The number of nitrogens with zero attached hydrogens (tertiary/aromatic N) is 4. The van der Waals surface area contributed by atoms with E-state index in [-0.39, 0.29) is 12.5 Å². The SMILES string of the molecule is CC(C)(CO)C(=O)N1CC=C(c2cc3c(Nc4ccc5ncsc5c4)ncnc3[nH]2)CC1. The standard InChI is InChI=1S/C23H24N6O2S/c1-23(2,11-30)22(31)29-7-5-14(6-8-29)18-10-16-20(24-12-25-21(16)28-18)27-15-3-4-17-19(9-15)32-13-26-17/h3-5,9-10,12-13,30H,6-8,11H2,1-2H3,(H2,24,25,27,28). The van der Waals surface area contributed by atoms with Gasteiger partial charge in [0.25, 0.3) is 0 Å². The largest absolute Gasteiger partial charge is 0.395 e. The van der Waals surface area contributed by atoms with Gasteiger partial charge in [0.15, 0.2) is 0 Å². The predicted molar refractivity (Wildman–Crippen MR) is 127 cm³/mol. The molecule has 8 nitrogen and oxygen atoms in total. The number of thiazole rings is 1. The fourth-order valence-electron chi connectivity index (χ4n) is 3.88. The first-order chi connectivity index (χ1) is 15.4. The number of aliphatic hydroxyl groups is 1. The normalized spacial score (nSPS) is 14.7. The van der Waals surface area contributed by atoms with Crippen LogP contribution in [0.1, 0.15) is 26.0 Å². The van der Waals surface area contributed by atoms with E-state index in [1.54, 1.807) is 36.4 Å². The molecule has 5 rings (SSSR count). The molecular weight excluding hydrogens is 424 g/mol. The fourth-order valence-corrected chi connectivity index (χ4v) is 4.59. The van der Waals surface area contributed by atoms with Crippen molar-refractivity contribution in [2.75, 3.05) is 25.0 Å². The highest BCUT2D eigenvalue weighted by atomic mass is 32.1. The van der Waals surface area contributed by atoms with Gasteiger partial charge in [-0.15, -0.1) is 11.3 Å². The van der Waals surface area contributed by atoms with Crippen molar-refractivity contribution in [2.45, 2.75) is 20.3 Å². The van der Waals surface area contributed by atoms with Gasteiger partial charge in [-0.2, -0.15) is 0 Å². The molecular formula is C23H24N6O2S. The number of benzene rings is 1. The summed E-state index contributed by atoms with van der Waals surface area (Å²) < 4.78 is 1.12. The highest BCUT2D eigenvalue weighted by Gasteiger charge is 2.32. The average Bonchev–Trinajstić information content (AvgIpc) is 3.46. The molecule has 0 fully saturated rings. The molecule has 0 bridgehead atoms. The highest BCUT2D eigenvalue weighted by molar-refractivity contribution is 7.16. The molecule has 1 aliphatic rings. The number of carbonyl (C=O) groups excluding carboxylic acids is 1. The van der Waals surface area contributed by atoms with Gasteiger partial charge in [-0.1, -0.05) is 6.08 Å². The smallest absolute Gasteiger partial charge is 0.230 e. The lowest BCUT2D eigenvalue weighted by atomic mass is 9.91. The number of aromatic amines is 1. The molecule has 0 aliphatic carbocycles. The van der Waals surface area contributed by atoms with Crippen LogP contribution >= 0.6 is 11.3 Å². The number of amides is 1.